The van der Waals surface area contributed by atoms with Gasteiger partial charge in [-0.25, -0.2) is 8.42 Å². The highest BCUT2D eigenvalue weighted by Gasteiger charge is 2.18. The van der Waals surface area contributed by atoms with E-state index in [9.17, 15) is 18.5 Å². The molecule has 1 aromatic carbocycles. The lowest BCUT2D eigenvalue weighted by molar-refractivity contribution is 0.339. The maximum Gasteiger partial charge on any atom is 0.492 e. The quantitative estimate of drug-likeness (QED) is 0.633. The van der Waals surface area contributed by atoms with E-state index in [1.165, 1.54) is 19.2 Å². The van der Waals surface area contributed by atoms with Gasteiger partial charge in [0.2, 0.25) is 0 Å². The molecule has 0 saturated carbocycles. The zero-order chi connectivity index (χ0) is 13.8. The molecule has 0 aliphatic rings. The van der Waals surface area contributed by atoms with Crippen LogP contribution in [0.5, 0.6) is 11.5 Å². The summed E-state index contributed by atoms with van der Waals surface area (Å²) in [7, 11) is -3.38. The minimum atomic E-state index is -3.11. The fourth-order valence-corrected chi connectivity index (χ4v) is 1.68. The first-order valence-electron chi connectivity index (χ1n) is 5.18. The fraction of sp³-hybridized carbons (Fsp3) is 0.400. The summed E-state index contributed by atoms with van der Waals surface area (Å²) >= 11 is 0. The molecule has 0 heterocycles. The van der Waals surface area contributed by atoms with Crippen LogP contribution in [0.15, 0.2) is 18.2 Å². The molecule has 0 amide bonds. The molecule has 0 aliphatic heterocycles. The van der Waals surface area contributed by atoms with Crippen molar-refractivity contribution in [3.8, 4) is 11.5 Å². The summed E-state index contributed by atoms with van der Waals surface area (Å²) in [5, 5.41) is 18.4. The Morgan fingerprint density at radius 2 is 2.00 bits per heavy atom. The van der Waals surface area contributed by atoms with Gasteiger partial charge < -0.3 is 19.5 Å². The van der Waals surface area contributed by atoms with Crippen molar-refractivity contribution in [1.29, 1.82) is 0 Å². The van der Waals surface area contributed by atoms with Crippen LogP contribution in [-0.2, 0) is 9.84 Å². The van der Waals surface area contributed by atoms with E-state index in [2.05, 4.69) is 0 Å². The Bertz CT molecular complexity index is 499. The molecule has 100 valence electrons. The van der Waals surface area contributed by atoms with Gasteiger partial charge in [0.15, 0.2) is 9.84 Å². The maximum atomic E-state index is 10.9. The molecule has 18 heavy (non-hydrogen) atoms. The third-order valence-corrected chi connectivity index (χ3v) is 3.12. The van der Waals surface area contributed by atoms with E-state index in [-0.39, 0.29) is 23.6 Å². The molecule has 0 unspecified atom stereocenters. The van der Waals surface area contributed by atoms with E-state index in [4.69, 9.17) is 9.47 Å². The molecular weight excluding hydrogens is 259 g/mol. The van der Waals surface area contributed by atoms with Gasteiger partial charge in [0.25, 0.3) is 0 Å². The maximum absolute atomic E-state index is 10.9. The van der Waals surface area contributed by atoms with Crippen LogP contribution in [0, 0.1) is 0 Å². The van der Waals surface area contributed by atoms with Crippen molar-refractivity contribution in [2.45, 2.75) is 0 Å². The summed E-state index contributed by atoms with van der Waals surface area (Å²) in [4.78, 5) is 0. The van der Waals surface area contributed by atoms with E-state index in [0.29, 0.717) is 5.75 Å². The normalized spacial score (nSPS) is 11.1. The van der Waals surface area contributed by atoms with Crippen LogP contribution in [0.4, 0.5) is 0 Å². The highest BCUT2D eigenvalue weighted by Crippen LogP contribution is 2.15. The van der Waals surface area contributed by atoms with Crippen molar-refractivity contribution in [1.82, 2.24) is 0 Å². The molecule has 0 radical (unpaired) electrons. The molecule has 0 saturated heterocycles. The fourth-order valence-electron chi connectivity index (χ4n) is 1.29. The van der Waals surface area contributed by atoms with Crippen molar-refractivity contribution in [3.05, 3.63) is 18.2 Å². The standard InChI is InChI=1S/C10H15BO6S/c1-16-8-3-4-10(9(7-8)11(12)13)17-5-6-18(2,14)15/h3-4,7,12-13H,5-6H2,1-2H3. The number of methoxy groups -OCH3 is 1. The minimum Gasteiger partial charge on any atom is -0.497 e. The average Bonchev–Trinajstić information content (AvgIpc) is 2.27. The molecule has 8 heteroatoms. The predicted molar refractivity (Wildman–Crippen MR) is 68.0 cm³/mol. The average molecular weight is 274 g/mol. The molecule has 6 nitrogen and oxygen atoms in total. The van der Waals surface area contributed by atoms with Gasteiger partial charge in [0.1, 0.15) is 18.1 Å². The van der Waals surface area contributed by atoms with Crippen LogP contribution in [0.1, 0.15) is 0 Å². The second-order valence-electron chi connectivity index (χ2n) is 3.76. The molecule has 1 aromatic rings. The van der Waals surface area contributed by atoms with Gasteiger partial charge in [-0.15, -0.1) is 0 Å². The monoisotopic (exact) mass is 274 g/mol. The van der Waals surface area contributed by atoms with Gasteiger partial charge in [-0.2, -0.15) is 0 Å². The van der Waals surface area contributed by atoms with E-state index < -0.39 is 17.0 Å². The predicted octanol–water partition coefficient (Wildman–Crippen LogP) is -1.20. The molecule has 0 bridgehead atoms. The molecule has 0 aliphatic carbocycles. The Morgan fingerprint density at radius 1 is 1.33 bits per heavy atom. The first-order valence-corrected chi connectivity index (χ1v) is 7.24. The summed E-state index contributed by atoms with van der Waals surface area (Å²) in [6, 6.07) is 4.50. The molecule has 1 rings (SSSR count). The Labute approximate surface area is 106 Å². The zero-order valence-corrected chi connectivity index (χ0v) is 11.0. The van der Waals surface area contributed by atoms with Gasteiger partial charge in [-0.1, -0.05) is 0 Å². The summed E-state index contributed by atoms with van der Waals surface area (Å²) in [6.45, 7) is -0.0507. The summed E-state index contributed by atoms with van der Waals surface area (Å²) in [5.41, 5.74) is 0.128. The van der Waals surface area contributed by atoms with Crippen molar-refractivity contribution in [3.63, 3.8) is 0 Å². The van der Waals surface area contributed by atoms with Gasteiger partial charge in [-0.05, 0) is 18.2 Å². The van der Waals surface area contributed by atoms with Crippen LogP contribution in [-0.4, -0.2) is 51.3 Å². The SMILES string of the molecule is COc1ccc(OCCS(C)(=O)=O)c(B(O)O)c1. The molecule has 0 atom stereocenters. The molecule has 0 aromatic heterocycles. The van der Waals surface area contributed by atoms with Crippen molar-refractivity contribution in [2.75, 3.05) is 25.7 Å². The number of rotatable bonds is 6. The minimum absolute atomic E-state index is 0.0507. The lowest BCUT2D eigenvalue weighted by Crippen LogP contribution is -2.32. The lowest BCUT2D eigenvalue weighted by Gasteiger charge is -2.12. The van der Waals surface area contributed by atoms with Crippen LogP contribution >= 0.6 is 0 Å². The second kappa shape index (κ2) is 6.08. The molecular formula is C10H15BO6S. The second-order valence-corrected chi connectivity index (χ2v) is 6.02. The molecule has 2 N–H and O–H groups in total. The van der Waals surface area contributed by atoms with E-state index in [1.807, 2.05) is 0 Å². The Kier molecular flexibility index (Phi) is 5.00. The Hall–Kier alpha value is -1.25. The first-order chi connectivity index (χ1) is 8.33. The summed E-state index contributed by atoms with van der Waals surface area (Å²) < 4.78 is 32.0. The first kappa shape index (κ1) is 14.8. The largest absolute Gasteiger partial charge is 0.497 e. The smallest absolute Gasteiger partial charge is 0.492 e. The Balaban J connectivity index is 2.81. The van der Waals surface area contributed by atoms with Gasteiger partial charge in [0, 0.05) is 11.7 Å². The zero-order valence-electron chi connectivity index (χ0n) is 10.2. The number of ether oxygens (including phenoxy) is 2. The number of benzene rings is 1. The van der Waals surface area contributed by atoms with E-state index in [1.54, 1.807) is 6.07 Å². The highest BCUT2D eigenvalue weighted by atomic mass is 32.2. The van der Waals surface area contributed by atoms with Crippen molar-refractivity contribution >= 4 is 22.4 Å². The Morgan fingerprint density at radius 3 is 2.50 bits per heavy atom. The summed E-state index contributed by atoms with van der Waals surface area (Å²) in [5.74, 6) is 0.531. The van der Waals surface area contributed by atoms with E-state index in [0.717, 1.165) is 6.26 Å². The highest BCUT2D eigenvalue weighted by molar-refractivity contribution is 7.90. The van der Waals surface area contributed by atoms with Crippen LogP contribution in [0.2, 0.25) is 0 Å². The summed E-state index contributed by atoms with van der Waals surface area (Å²) in [6.07, 6.45) is 1.10. The topological polar surface area (TPSA) is 93.1 Å². The van der Waals surface area contributed by atoms with Gasteiger partial charge >= 0.3 is 7.12 Å². The van der Waals surface area contributed by atoms with Gasteiger partial charge in [0.05, 0.1) is 12.9 Å². The number of sulfone groups is 1. The molecule has 0 spiro atoms. The van der Waals surface area contributed by atoms with Crippen LogP contribution in [0.3, 0.4) is 0 Å². The van der Waals surface area contributed by atoms with Crippen molar-refractivity contribution in [2.24, 2.45) is 0 Å². The lowest BCUT2D eigenvalue weighted by atomic mass is 9.79. The van der Waals surface area contributed by atoms with Crippen LogP contribution in [0.25, 0.3) is 0 Å². The van der Waals surface area contributed by atoms with E-state index >= 15 is 0 Å². The third kappa shape index (κ3) is 4.56. The van der Waals surface area contributed by atoms with Gasteiger partial charge in [-0.3, -0.25) is 0 Å². The van der Waals surface area contributed by atoms with Crippen LogP contribution < -0.4 is 14.9 Å². The molecule has 0 fully saturated rings. The third-order valence-electron chi connectivity index (χ3n) is 2.21. The van der Waals surface area contributed by atoms with Crippen molar-refractivity contribution < 1.29 is 27.9 Å². The number of hydrogen-bond donors (Lipinski definition) is 2. The number of hydrogen-bond acceptors (Lipinski definition) is 6.